The summed E-state index contributed by atoms with van der Waals surface area (Å²) in [5.41, 5.74) is 1.79. The molecule has 0 aliphatic heterocycles. The van der Waals surface area contributed by atoms with Crippen LogP contribution in [0.3, 0.4) is 0 Å². The zero-order chi connectivity index (χ0) is 18.4. The Balaban J connectivity index is 1.72. The van der Waals surface area contributed by atoms with Gasteiger partial charge in [0, 0.05) is 11.4 Å². The first-order valence-corrected chi connectivity index (χ1v) is 8.66. The predicted molar refractivity (Wildman–Crippen MR) is 97.1 cm³/mol. The number of nitrogens with one attached hydrogen (secondary N) is 1. The van der Waals surface area contributed by atoms with Crippen LogP contribution >= 0.6 is 11.3 Å². The van der Waals surface area contributed by atoms with Crippen LogP contribution in [0.25, 0.3) is 16.0 Å². The molecule has 7 nitrogen and oxygen atoms in total. The first-order valence-electron chi connectivity index (χ1n) is 7.84. The Morgan fingerprint density at radius 2 is 2.00 bits per heavy atom. The van der Waals surface area contributed by atoms with Gasteiger partial charge in [-0.25, -0.2) is 9.37 Å². The lowest BCUT2D eigenvalue weighted by molar-refractivity contribution is -0.116. The molecule has 1 aromatic carbocycles. The molecule has 0 fully saturated rings. The molecule has 0 unspecified atom stereocenters. The van der Waals surface area contributed by atoms with Gasteiger partial charge >= 0.3 is 0 Å². The molecule has 1 amide bonds. The van der Waals surface area contributed by atoms with Gasteiger partial charge in [-0.05, 0) is 44.2 Å². The van der Waals surface area contributed by atoms with Crippen LogP contribution in [0, 0.1) is 19.7 Å². The average Bonchev–Trinajstić information content (AvgIpc) is 3.10. The van der Waals surface area contributed by atoms with E-state index in [4.69, 9.17) is 0 Å². The summed E-state index contributed by atoms with van der Waals surface area (Å²) in [6.45, 7) is 3.56. The number of aryl methyl sites for hydroxylation is 2. The molecule has 0 atom stereocenters. The molecule has 4 aromatic rings. The van der Waals surface area contributed by atoms with Crippen molar-refractivity contribution in [2.75, 3.05) is 5.32 Å². The number of carbonyl (C=O) groups excluding carboxylic acids is 1. The number of hydrogen-bond acceptors (Lipinski definition) is 5. The maximum atomic E-state index is 13.0. The average molecular weight is 371 g/mol. The third-order valence-electron chi connectivity index (χ3n) is 3.99. The van der Waals surface area contributed by atoms with Gasteiger partial charge in [0.2, 0.25) is 10.9 Å². The first-order chi connectivity index (χ1) is 12.4. The molecule has 4 rings (SSSR count). The highest BCUT2D eigenvalue weighted by molar-refractivity contribution is 7.16. The topological polar surface area (TPSA) is 81.3 Å². The van der Waals surface area contributed by atoms with Crippen LogP contribution in [0.5, 0.6) is 0 Å². The quantitative estimate of drug-likeness (QED) is 0.600. The molecule has 3 aromatic heterocycles. The van der Waals surface area contributed by atoms with Crippen molar-refractivity contribution in [1.82, 2.24) is 19.2 Å². The monoisotopic (exact) mass is 371 g/mol. The van der Waals surface area contributed by atoms with E-state index in [9.17, 15) is 14.0 Å². The molecule has 0 saturated carbocycles. The Bertz CT molecular complexity index is 1210. The summed E-state index contributed by atoms with van der Waals surface area (Å²) in [6, 6.07) is 7.27. The van der Waals surface area contributed by atoms with Crippen molar-refractivity contribution in [3.63, 3.8) is 0 Å². The fourth-order valence-corrected chi connectivity index (χ4v) is 3.58. The molecule has 0 saturated heterocycles. The van der Waals surface area contributed by atoms with E-state index in [0.717, 1.165) is 10.7 Å². The van der Waals surface area contributed by atoms with Crippen molar-refractivity contribution < 1.29 is 9.18 Å². The number of fused-ring (bicyclic) bond motifs is 2. The van der Waals surface area contributed by atoms with Crippen molar-refractivity contribution >= 4 is 38.9 Å². The van der Waals surface area contributed by atoms with Gasteiger partial charge in [-0.1, -0.05) is 11.3 Å². The molecule has 0 aliphatic rings. The number of hydrogen-bond donors (Lipinski definition) is 1. The summed E-state index contributed by atoms with van der Waals surface area (Å²) in [5, 5.41) is 7.61. The van der Waals surface area contributed by atoms with Crippen LogP contribution in [-0.2, 0) is 11.3 Å². The van der Waals surface area contributed by atoms with E-state index in [1.807, 2.05) is 6.92 Å². The molecule has 0 radical (unpaired) electrons. The van der Waals surface area contributed by atoms with Gasteiger partial charge in [-0.15, -0.1) is 0 Å². The maximum absolute atomic E-state index is 13.0. The fraction of sp³-hybridized carbons (Fsp3) is 0.176. The molecule has 3 heterocycles. The number of anilines is 1. The lowest BCUT2D eigenvalue weighted by Gasteiger charge is -2.09. The SMILES string of the molecule is Cc1nn2c(=O)c3c(cc(C)n3CC(=O)Nc3ccc(F)cc3)nc2s1. The van der Waals surface area contributed by atoms with Crippen LogP contribution in [0.1, 0.15) is 10.7 Å². The van der Waals surface area contributed by atoms with Gasteiger partial charge in [-0.3, -0.25) is 9.59 Å². The Hall–Kier alpha value is -3.07. The zero-order valence-corrected chi connectivity index (χ0v) is 14.8. The van der Waals surface area contributed by atoms with Crippen molar-refractivity contribution in [3.05, 3.63) is 57.2 Å². The highest BCUT2D eigenvalue weighted by atomic mass is 32.1. The van der Waals surface area contributed by atoms with E-state index in [2.05, 4.69) is 15.4 Å². The van der Waals surface area contributed by atoms with Gasteiger partial charge in [0.15, 0.2) is 0 Å². The normalized spacial score (nSPS) is 11.3. The summed E-state index contributed by atoms with van der Waals surface area (Å²) >= 11 is 1.33. The van der Waals surface area contributed by atoms with Crippen molar-refractivity contribution in [2.45, 2.75) is 20.4 Å². The van der Waals surface area contributed by atoms with Gasteiger partial charge < -0.3 is 9.88 Å². The van der Waals surface area contributed by atoms with Gasteiger partial charge in [0.1, 0.15) is 22.9 Å². The van der Waals surface area contributed by atoms with Crippen molar-refractivity contribution in [2.24, 2.45) is 0 Å². The van der Waals surface area contributed by atoms with E-state index < -0.39 is 0 Å². The van der Waals surface area contributed by atoms with Crippen LogP contribution < -0.4 is 10.9 Å². The largest absolute Gasteiger partial charge is 0.330 e. The predicted octanol–water partition coefficient (Wildman–Crippen LogP) is 2.50. The zero-order valence-electron chi connectivity index (χ0n) is 14.0. The second-order valence-electron chi connectivity index (χ2n) is 5.89. The van der Waals surface area contributed by atoms with Crippen LogP contribution in [0.2, 0.25) is 0 Å². The van der Waals surface area contributed by atoms with E-state index in [1.54, 1.807) is 17.6 Å². The molecule has 132 valence electrons. The Kier molecular flexibility index (Phi) is 3.80. The smallest absolute Gasteiger partial charge is 0.299 e. The number of amides is 1. The van der Waals surface area contributed by atoms with E-state index in [1.165, 1.54) is 40.1 Å². The lowest BCUT2D eigenvalue weighted by atomic mass is 10.3. The summed E-state index contributed by atoms with van der Waals surface area (Å²) in [4.78, 5) is 30.1. The maximum Gasteiger partial charge on any atom is 0.299 e. The molecule has 9 heteroatoms. The number of halogens is 1. The summed E-state index contributed by atoms with van der Waals surface area (Å²) < 4.78 is 15.8. The summed E-state index contributed by atoms with van der Waals surface area (Å²) in [6.07, 6.45) is 0. The first kappa shape index (κ1) is 16.4. The van der Waals surface area contributed by atoms with Crippen molar-refractivity contribution in [1.29, 1.82) is 0 Å². The second-order valence-corrected chi connectivity index (χ2v) is 7.05. The minimum Gasteiger partial charge on any atom is -0.330 e. The number of nitrogens with zero attached hydrogens (tertiary/aromatic N) is 4. The Labute approximate surface area is 150 Å². The van der Waals surface area contributed by atoms with Gasteiger partial charge in [0.05, 0.1) is 5.52 Å². The molecular weight excluding hydrogens is 357 g/mol. The minimum atomic E-state index is -0.378. The third-order valence-corrected chi connectivity index (χ3v) is 4.81. The number of benzene rings is 1. The van der Waals surface area contributed by atoms with Crippen LogP contribution in [-0.4, -0.2) is 25.1 Å². The second kappa shape index (κ2) is 6.03. The highest BCUT2D eigenvalue weighted by Gasteiger charge is 2.17. The van der Waals surface area contributed by atoms with E-state index in [0.29, 0.717) is 21.7 Å². The summed E-state index contributed by atoms with van der Waals surface area (Å²) in [7, 11) is 0. The molecular formula is C17H14FN5O2S. The molecule has 26 heavy (non-hydrogen) atoms. The molecule has 0 bridgehead atoms. The lowest BCUT2D eigenvalue weighted by Crippen LogP contribution is -2.23. The minimum absolute atomic E-state index is 0.0567. The van der Waals surface area contributed by atoms with Gasteiger partial charge in [-0.2, -0.15) is 9.61 Å². The molecule has 0 spiro atoms. The highest BCUT2D eigenvalue weighted by Crippen LogP contribution is 2.18. The molecule has 0 aliphatic carbocycles. The number of carbonyl (C=O) groups is 1. The van der Waals surface area contributed by atoms with Gasteiger partial charge in [0.25, 0.3) is 5.56 Å². The number of aromatic nitrogens is 4. The summed E-state index contributed by atoms with van der Waals surface area (Å²) in [5.74, 6) is -0.701. The fourth-order valence-electron chi connectivity index (χ4n) is 2.84. The molecule has 1 N–H and O–H groups in total. The van der Waals surface area contributed by atoms with Crippen LogP contribution in [0.4, 0.5) is 10.1 Å². The Morgan fingerprint density at radius 1 is 1.27 bits per heavy atom. The van der Waals surface area contributed by atoms with Crippen LogP contribution in [0.15, 0.2) is 35.1 Å². The standard InChI is InChI=1S/C17H14FN5O2S/c1-9-7-13-15(16(25)23-17(20-13)26-10(2)21-23)22(9)8-14(24)19-12-5-3-11(18)4-6-12/h3-7H,8H2,1-2H3,(H,19,24). The van der Waals surface area contributed by atoms with E-state index in [-0.39, 0.29) is 23.8 Å². The Morgan fingerprint density at radius 3 is 2.73 bits per heavy atom. The van der Waals surface area contributed by atoms with Crippen molar-refractivity contribution in [3.8, 4) is 0 Å². The van der Waals surface area contributed by atoms with E-state index >= 15 is 0 Å². The number of rotatable bonds is 3. The third kappa shape index (κ3) is 2.76.